The lowest BCUT2D eigenvalue weighted by molar-refractivity contribution is -0.137. The number of carbonyl (C=O) groups is 1. The van der Waals surface area contributed by atoms with Gasteiger partial charge >= 0.3 is 5.97 Å². The van der Waals surface area contributed by atoms with Crippen LogP contribution in [0.1, 0.15) is 116 Å². The van der Waals surface area contributed by atoms with E-state index in [1.807, 2.05) is 18.2 Å². The molecule has 0 saturated heterocycles. The summed E-state index contributed by atoms with van der Waals surface area (Å²) >= 11 is 0. The van der Waals surface area contributed by atoms with Crippen molar-refractivity contribution >= 4 is 14.3 Å². The number of rotatable bonds is 20. The van der Waals surface area contributed by atoms with Crippen molar-refractivity contribution in [1.29, 1.82) is 0 Å². The van der Waals surface area contributed by atoms with E-state index in [1.54, 1.807) is 0 Å². The van der Waals surface area contributed by atoms with E-state index >= 15 is 0 Å². The Morgan fingerprint density at radius 1 is 0.794 bits per heavy atom. The fourth-order valence-electron chi connectivity index (χ4n) is 4.67. The van der Waals surface area contributed by atoms with Crippen LogP contribution >= 0.6 is 0 Å². The second kappa shape index (κ2) is 18.9. The summed E-state index contributed by atoms with van der Waals surface area (Å²) in [4.78, 5) is 12.9. The molecule has 1 unspecified atom stereocenters. The van der Waals surface area contributed by atoms with Gasteiger partial charge in [0.15, 0.2) is 8.32 Å². The lowest BCUT2D eigenvalue weighted by atomic mass is 9.99. The molecule has 1 aromatic carbocycles. The number of hydrogen-bond donors (Lipinski definition) is 0. The summed E-state index contributed by atoms with van der Waals surface area (Å²) in [7, 11) is -0.441. The van der Waals surface area contributed by atoms with E-state index in [-0.39, 0.29) is 12.1 Å². The van der Waals surface area contributed by atoms with Crippen molar-refractivity contribution < 1.29 is 14.0 Å². The van der Waals surface area contributed by atoms with Gasteiger partial charge in [-0.1, -0.05) is 128 Å². The minimum atomic E-state index is -1.92. The molecule has 0 bridgehead atoms. The Morgan fingerprint density at radius 2 is 1.29 bits per heavy atom. The second-order valence-corrected chi connectivity index (χ2v) is 14.4. The van der Waals surface area contributed by atoms with Crippen molar-refractivity contribution in [3.05, 3.63) is 47.5 Å². The summed E-state index contributed by atoms with van der Waals surface area (Å²) in [5.41, 5.74) is 1.72. The van der Waals surface area contributed by atoms with Gasteiger partial charge in [0.2, 0.25) is 0 Å². The molecule has 1 aromatic rings. The van der Waals surface area contributed by atoms with Crippen molar-refractivity contribution in [3.63, 3.8) is 0 Å². The normalized spacial score (nSPS) is 13.1. The van der Waals surface area contributed by atoms with E-state index in [0.29, 0.717) is 5.57 Å². The fraction of sp³-hybridized carbons (Fsp3) is 0.700. The molecule has 0 amide bonds. The molecular formula is C30H52O3Si. The fourth-order valence-corrected chi connectivity index (χ4v) is 7.43. The van der Waals surface area contributed by atoms with Gasteiger partial charge in [-0.3, -0.25) is 0 Å². The molecule has 0 heterocycles. The van der Waals surface area contributed by atoms with Crippen LogP contribution in [0.5, 0.6) is 0 Å². The van der Waals surface area contributed by atoms with E-state index in [1.165, 1.54) is 71.3 Å². The largest absolute Gasteiger partial charge is 0.466 e. The summed E-state index contributed by atoms with van der Waals surface area (Å²) in [6, 6.07) is 13.4. The van der Waals surface area contributed by atoms with E-state index in [0.717, 1.165) is 36.5 Å². The highest BCUT2D eigenvalue weighted by Gasteiger charge is 2.35. The maximum Gasteiger partial charge on any atom is 0.336 e. The Bertz CT molecular complexity index is 659. The number of esters is 1. The lowest BCUT2D eigenvalue weighted by Gasteiger charge is -2.34. The smallest absolute Gasteiger partial charge is 0.336 e. The zero-order valence-corrected chi connectivity index (χ0v) is 23.9. The molecule has 0 spiro atoms. The van der Waals surface area contributed by atoms with Crippen LogP contribution < -0.4 is 0 Å². The molecule has 0 aromatic heterocycles. The molecular weight excluding hydrogens is 436 g/mol. The van der Waals surface area contributed by atoms with E-state index in [4.69, 9.17) is 9.16 Å². The number of methoxy groups -OCH3 is 1. The first-order chi connectivity index (χ1) is 16.6. The molecule has 0 N–H and O–H groups in total. The van der Waals surface area contributed by atoms with Crippen molar-refractivity contribution in [2.75, 3.05) is 7.11 Å². The van der Waals surface area contributed by atoms with Gasteiger partial charge in [0.25, 0.3) is 0 Å². The standard InChI is InChI=1S/C30H52O3Si/c1-6-10-11-12-13-14-15-16-17-18-19-23-26-28(30(31)32-5)29(27-24-21-20-22-25-27)33-34(7-2,8-3)9-4/h20-22,24-26,29H,6-19,23H2,1-5H3/b28-26+. The van der Waals surface area contributed by atoms with E-state index in [9.17, 15) is 4.79 Å². The summed E-state index contributed by atoms with van der Waals surface area (Å²) in [5, 5.41) is 0. The third kappa shape index (κ3) is 11.4. The number of unbranched alkanes of at least 4 members (excludes halogenated alkanes) is 11. The average molecular weight is 489 g/mol. The average Bonchev–Trinajstić information content (AvgIpc) is 2.88. The van der Waals surface area contributed by atoms with Gasteiger partial charge in [0, 0.05) is 0 Å². The number of allylic oxidation sites excluding steroid dienone is 1. The van der Waals surface area contributed by atoms with Crippen molar-refractivity contribution in [1.82, 2.24) is 0 Å². The molecule has 34 heavy (non-hydrogen) atoms. The first-order valence-electron chi connectivity index (χ1n) is 14.1. The highest BCUT2D eigenvalue weighted by atomic mass is 28.4. The minimum Gasteiger partial charge on any atom is -0.466 e. The molecule has 1 atom stereocenters. The maximum atomic E-state index is 12.9. The molecule has 0 radical (unpaired) electrons. The topological polar surface area (TPSA) is 35.5 Å². The highest BCUT2D eigenvalue weighted by Crippen LogP contribution is 2.35. The molecule has 0 aliphatic carbocycles. The predicted molar refractivity (Wildman–Crippen MR) is 149 cm³/mol. The first-order valence-corrected chi connectivity index (χ1v) is 16.6. The van der Waals surface area contributed by atoms with Gasteiger partial charge in [-0.05, 0) is 36.5 Å². The van der Waals surface area contributed by atoms with Crippen LogP contribution in [0.3, 0.4) is 0 Å². The molecule has 1 rings (SSSR count). The summed E-state index contributed by atoms with van der Waals surface area (Å²) in [6.45, 7) is 8.96. The van der Waals surface area contributed by atoms with Gasteiger partial charge < -0.3 is 9.16 Å². The molecule has 194 valence electrons. The summed E-state index contributed by atoms with van der Waals surface area (Å²) in [6.07, 6.45) is 17.2. The van der Waals surface area contributed by atoms with Crippen LogP contribution in [0.25, 0.3) is 0 Å². The van der Waals surface area contributed by atoms with Crippen molar-refractivity contribution in [3.8, 4) is 0 Å². The Kier molecular flexibility index (Phi) is 17.0. The molecule has 3 nitrogen and oxygen atoms in total. The zero-order chi connectivity index (χ0) is 25.1. The van der Waals surface area contributed by atoms with Gasteiger partial charge in [-0.2, -0.15) is 0 Å². The monoisotopic (exact) mass is 488 g/mol. The Hall–Kier alpha value is -1.39. The summed E-state index contributed by atoms with van der Waals surface area (Å²) in [5.74, 6) is -0.261. The van der Waals surface area contributed by atoms with Crippen LogP contribution in [-0.4, -0.2) is 21.4 Å². The van der Waals surface area contributed by atoms with Gasteiger partial charge in [-0.25, -0.2) is 4.79 Å². The van der Waals surface area contributed by atoms with Crippen molar-refractivity contribution in [2.24, 2.45) is 0 Å². The zero-order valence-electron chi connectivity index (χ0n) is 22.9. The second-order valence-electron chi connectivity index (χ2n) is 9.63. The van der Waals surface area contributed by atoms with Gasteiger partial charge in [-0.15, -0.1) is 0 Å². The molecule has 0 saturated carbocycles. The Morgan fingerprint density at radius 3 is 1.76 bits per heavy atom. The van der Waals surface area contributed by atoms with Crippen LogP contribution in [-0.2, 0) is 14.0 Å². The molecule has 0 aliphatic rings. The number of ether oxygens (including phenoxy) is 1. The molecule has 4 heteroatoms. The van der Waals surface area contributed by atoms with Crippen LogP contribution in [0.2, 0.25) is 18.1 Å². The van der Waals surface area contributed by atoms with Crippen LogP contribution in [0.4, 0.5) is 0 Å². The van der Waals surface area contributed by atoms with Crippen molar-refractivity contribution in [2.45, 2.75) is 129 Å². The Labute approximate surface area is 211 Å². The SMILES string of the molecule is CCCCCCCCCCCCC/C=C(/C(=O)OC)C(O[Si](CC)(CC)CC)c1ccccc1. The quantitative estimate of drug-likeness (QED) is 0.0793. The number of carbonyl (C=O) groups excluding carboxylic acids is 1. The third-order valence-corrected chi connectivity index (χ3v) is 11.9. The molecule has 0 fully saturated rings. The van der Waals surface area contributed by atoms with E-state index < -0.39 is 8.32 Å². The number of benzene rings is 1. The predicted octanol–water partition coefficient (Wildman–Crippen LogP) is 9.55. The minimum absolute atomic E-state index is 0.261. The van der Waals surface area contributed by atoms with Gasteiger partial charge in [0.1, 0.15) is 6.10 Å². The third-order valence-electron chi connectivity index (χ3n) is 7.28. The first kappa shape index (κ1) is 30.6. The maximum absolute atomic E-state index is 12.9. The van der Waals surface area contributed by atoms with E-state index in [2.05, 4.69) is 45.9 Å². The molecule has 0 aliphatic heterocycles. The number of hydrogen-bond acceptors (Lipinski definition) is 3. The highest BCUT2D eigenvalue weighted by molar-refractivity contribution is 6.73. The van der Waals surface area contributed by atoms with Crippen LogP contribution in [0.15, 0.2) is 42.0 Å². The Balaban J connectivity index is 2.71. The van der Waals surface area contributed by atoms with Crippen LogP contribution in [0, 0.1) is 0 Å². The lowest BCUT2D eigenvalue weighted by Crippen LogP contribution is -2.38. The van der Waals surface area contributed by atoms with Gasteiger partial charge in [0.05, 0.1) is 12.7 Å². The summed E-state index contributed by atoms with van der Waals surface area (Å²) < 4.78 is 12.1.